The average molecular weight is 386 g/mol. The maximum absolute atomic E-state index is 12.4. The molecule has 0 radical (unpaired) electrons. The van der Waals surface area contributed by atoms with Gasteiger partial charge in [-0.15, -0.1) is 0 Å². The minimum atomic E-state index is -0.566. The number of benzene rings is 1. The summed E-state index contributed by atoms with van der Waals surface area (Å²) < 4.78 is 12.4. The number of fused-ring (bicyclic) bond motifs is 1. The molecule has 0 saturated heterocycles. The van der Waals surface area contributed by atoms with Crippen molar-refractivity contribution in [3.63, 3.8) is 0 Å². The fourth-order valence-electron chi connectivity index (χ4n) is 3.00. The molecule has 1 aromatic heterocycles. The van der Waals surface area contributed by atoms with Crippen molar-refractivity contribution in [2.24, 2.45) is 7.05 Å². The van der Waals surface area contributed by atoms with Crippen LogP contribution < -0.4 is 5.32 Å². The number of rotatable bonds is 3. The second-order valence-corrected chi connectivity index (χ2v) is 7.74. The van der Waals surface area contributed by atoms with E-state index in [4.69, 9.17) is 9.47 Å². The number of ether oxygens (including phenoxy) is 2. The van der Waals surface area contributed by atoms with Crippen molar-refractivity contribution in [2.45, 2.75) is 45.9 Å². The van der Waals surface area contributed by atoms with Gasteiger partial charge in [0.25, 0.3) is 0 Å². The first-order valence-electron chi connectivity index (χ1n) is 9.23. The number of hydrogen-bond donors (Lipinski definition) is 1. The highest BCUT2D eigenvalue weighted by Gasteiger charge is 2.30. The van der Waals surface area contributed by atoms with E-state index in [1.54, 1.807) is 16.6 Å². The van der Waals surface area contributed by atoms with Crippen molar-refractivity contribution in [1.29, 1.82) is 0 Å². The van der Waals surface area contributed by atoms with Crippen LogP contribution in [0.5, 0.6) is 0 Å². The van der Waals surface area contributed by atoms with Crippen LogP contribution in [-0.2, 0) is 36.1 Å². The Balaban J connectivity index is 1.66. The number of carbonyl (C=O) groups excluding carboxylic acids is 2. The monoisotopic (exact) mass is 386 g/mol. The summed E-state index contributed by atoms with van der Waals surface area (Å²) >= 11 is 0. The second-order valence-electron chi connectivity index (χ2n) is 7.74. The minimum absolute atomic E-state index is 0.177. The van der Waals surface area contributed by atoms with Gasteiger partial charge in [-0.1, -0.05) is 30.3 Å². The third-order valence-corrected chi connectivity index (χ3v) is 4.28. The van der Waals surface area contributed by atoms with E-state index in [0.717, 1.165) is 16.8 Å². The molecule has 2 aromatic rings. The van der Waals surface area contributed by atoms with Gasteiger partial charge >= 0.3 is 12.2 Å². The fraction of sp³-hybridized carbons (Fsp3) is 0.450. The summed E-state index contributed by atoms with van der Waals surface area (Å²) in [5.74, 6) is 0.529. The Morgan fingerprint density at radius 3 is 2.61 bits per heavy atom. The largest absolute Gasteiger partial charge is 0.444 e. The second kappa shape index (κ2) is 7.92. The highest BCUT2D eigenvalue weighted by Crippen LogP contribution is 2.27. The van der Waals surface area contributed by atoms with Gasteiger partial charge in [-0.05, 0) is 26.3 Å². The minimum Gasteiger partial charge on any atom is -0.444 e. The first kappa shape index (κ1) is 19.7. The van der Waals surface area contributed by atoms with Crippen LogP contribution in [0.1, 0.15) is 37.6 Å². The summed E-state index contributed by atoms with van der Waals surface area (Å²) in [5, 5.41) is 7.22. The molecule has 2 heterocycles. The number of aromatic nitrogens is 2. The third kappa shape index (κ3) is 4.82. The molecule has 0 fully saturated rings. The summed E-state index contributed by atoms with van der Waals surface area (Å²) in [4.78, 5) is 26.3. The van der Waals surface area contributed by atoms with E-state index in [-0.39, 0.29) is 12.7 Å². The number of carbonyl (C=O) groups is 2. The van der Waals surface area contributed by atoms with Crippen LogP contribution in [0.25, 0.3) is 0 Å². The quantitative estimate of drug-likeness (QED) is 0.873. The molecule has 8 heteroatoms. The lowest BCUT2D eigenvalue weighted by Crippen LogP contribution is -2.40. The van der Waals surface area contributed by atoms with Crippen LogP contribution in [0.3, 0.4) is 0 Å². The first-order chi connectivity index (χ1) is 13.2. The molecule has 1 aliphatic rings. The maximum atomic E-state index is 12.4. The van der Waals surface area contributed by atoms with Crippen molar-refractivity contribution in [3.8, 4) is 0 Å². The lowest BCUT2D eigenvalue weighted by molar-refractivity contribution is 0.0224. The Kier molecular flexibility index (Phi) is 5.58. The van der Waals surface area contributed by atoms with Gasteiger partial charge in [-0.2, -0.15) is 5.10 Å². The van der Waals surface area contributed by atoms with E-state index in [1.165, 1.54) is 0 Å². The Morgan fingerprint density at radius 1 is 1.21 bits per heavy atom. The molecular weight excluding hydrogens is 360 g/mol. The molecule has 0 bridgehead atoms. The van der Waals surface area contributed by atoms with Crippen LogP contribution >= 0.6 is 0 Å². The van der Waals surface area contributed by atoms with Crippen LogP contribution in [0.4, 0.5) is 15.4 Å². The molecule has 1 aromatic carbocycles. The van der Waals surface area contributed by atoms with Crippen molar-refractivity contribution in [1.82, 2.24) is 14.7 Å². The average Bonchev–Trinajstić information content (AvgIpc) is 2.94. The van der Waals surface area contributed by atoms with Gasteiger partial charge < -0.3 is 14.4 Å². The number of nitrogens with one attached hydrogen (secondary N) is 1. The molecule has 3 rings (SSSR count). The van der Waals surface area contributed by atoms with Crippen LogP contribution in [0, 0.1) is 0 Å². The SMILES string of the molecule is Cn1nc2c(c1NC(=O)OCc1ccccc1)CN(C(=O)OC(C)(C)C)CC2. The predicted molar refractivity (Wildman–Crippen MR) is 104 cm³/mol. The molecule has 28 heavy (non-hydrogen) atoms. The van der Waals surface area contributed by atoms with Gasteiger partial charge in [-0.3, -0.25) is 10.00 Å². The van der Waals surface area contributed by atoms with Crippen LogP contribution in [-0.4, -0.2) is 39.0 Å². The molecule has 2 amide bonds. The van der Waals surface area contributed by atoms with E-state index < -0.39 is 11.7 Å². The Hall–Kier alpha value is -3.03. The standard InChI is InChI=1S/C20H26N4O4/c1-20(2,3)28-19(26)24-11-10-16-15(12-24)17(23(4)22-16)21-18(25)27-13-14-8-6-5-7-9-14/h5-9H,10-13H2,1-4H3,(H,21,25). The molecular formula is C20H26N4O4. The Labute approximate surface area is 164 Å². The zero-order chi connectivity index (χ0) is 20.3. The smallest absolute Gasteiger partial charge is 0.413 e. The first-order valence-corrected chi connectivity index (χ1v) is 9.23. The van der Waals surface area contributed by atoms with Crippen molar-refractivity contribution in [3.05, 3.63) is 47.2 Å². The lowest BCUT2D eigenvalue weighted by atomic mass is 10.1. The van der Waals surface area contributed by atoms with Gasteiger partial charge in [-0.25, -0.2) is 9.59 Å². The maximum Gasteiger partial charge on any atom is 0.413 e. The van der Waals surface area contributed by atoms with E-state index in [9.17, 15) is 9.59 Å². The fourth-order valence-corrected chi connectivity index (χ4v) is 3.00. The summed E-state index contributed by atoms with van der Waals surface area (Å²) in [6, 6.07) is 9.45. The normalized spacial score (nSPS) is 13.6. The summed E-state index contributed by atoms with van der Waals surface area (Å²) in [7, 11) is 1.75. The molecule has 1 aliphatic heterocycles. The predicted octanol–water partition coefficient (Wildman–Crippen LogP) is 3.46. The molecule has 0 aliphatic carbocycles. The number of aryl methyl sites for hydroxylation is 1. The number of nitrogens with zero attached hydrogens (tertiary/aromatic N) is 3. The van der Waals surface area contributed by atoms with E-state index in [0.29, 0.717) is 25.3 Å². The van der Waals surface area contributed by atoms with Crippen molar-refractivity contribution >= 4 is 18.0 Å². The summed E-state index contributed by atoms with van der Waals surface area (Å²) in [5.41, 5.74) is 2.01. The summed E-state index contributed by atoms with van der Waals surface area (Å²) in [6.45, 7) is 6.53. The zero-order valence-corrected chi connectivity index (χ0v) is 16.7. The summed E-state index contributed by atoms with van der Waals surface area (Å²) in [6.07, 6.45) is -0.341. The molecule has 8 nitrogen and oxygen atoms in total. The molecule has 0 saturated carbocycles. The lowest BCUT2D eigenvalue weighted by Gasteiger charge is -2.29. The van der Waals surface area contributed by atoms with E-state index in [2.05, 4.69) is 10.4 Å². The number of amides is 2. The third-order valence-electron chi connectivity index (χ3n) is 4.28. The van der Waals surface area contributed by atoms with Gasteiger partial charge in [0.05, 0.1) is 12.2 Å². The highest BCUT2D eigenvalue weighted by molar-refractivity contribution is 5.85. The van der Waals surface area contributed by atoms with Crippen molar-refractivity contribution in [2.75, 3.05) is 11.9 Å². The van der Waals surface area contributed by atoms with Crippen LogP contribution in [0.15, 0.2) is 30.3 Å². The molecule has 0 spiro atoms. The molecule has 0 unspecified atom stereocenters. The van der Waals surface area contributed by atoms with Crippen LogP contribution in [0.2, 0.25) is 0 Å². The number of hydrogen-bond acceptors (Lipinski definition) is 5. The molecule has 150 valence electrons. The van der Waals surface area contributed by atoms with Gasteiger partial charge in [0.15, 0.2) is 0 Å². The van der Waals surface area contributed by atoms with Gasteiger partial charge in [0.1, 0.15) is 18.0 Å². The van der Waals surface area contributed by atoms with Gasteiger partial charge in [0.2, 0.25) is 0 Å². The van der Waals surface area contributed by atoms with E-state index >= 15 is 0 Å². The Bertz CT molecular complexity index is 855. The molecule has 1 N–H and O–H groups in total. The van der Waals surface area contributed by atoms with Gasteiger partial charge in [0, 0.05) is 25.6 Å². The topological polar surface area (TPSA) is 85.7 Å². The number of anilines is 1. The Morgan fingerprint density at radius 2 is 1.93 bits per heavy atom. The van der Waals surface area contributed by atoms with Crippen molar-refractivity contribution < 1.29 is 19.1 Å². The molecule has 0 atom stereocenters. The van der Waals surface area contributed by atoms with E-state index in [1.807, 2.05) is 51.1 Å². The zero-order valence-electron chi connectivity index (χ0n) is 16.7. The highest BCUT2D eigenvalue weighted by atomic mass is 16.6.